The average molecular weight is 377 g/mol. The van der Waals surface area contributed by atoms with E-state index >= 15 is 0 Å². The minimum Gasteiger partial charge on any atom is -0.384 e. The van der Waals surface area contributed by atoms with Gasteiger partial charge in [0, 0.05) is 37.9 Å². The molecule has 0 saturated carbocycles. The molecule has 0 unspecified atom stereocenters. The van der Waals surface area contributed by atoms with Crippen LogP contribution < -0.4 is 10.6 Å². The van der Waals surface area contributed by atoms with E-state index in [1.54, 1.807) is 31.1 Å². The Bertz CT molecular complexity index is 763. The predicted molar refractivity (Wildman–Crippen MR) is 102 cm³/mol. The highest BCUT2D eigenvalue weighted by molar-refractivity contribution is 6.33. The molecule has 2 N–H and O–H groups in total. The van der Waals surface area contributed by atoms with E-state index in [1.807, 2.05) is 18.2 Å². The lowest BCUT2D eigenvalue weighted by atomic mass is 9.79. The molecule has 1 saturated heterocycles. The summed E-state index contributed by atoms with van der Waals surface area (Å²) in [7, 11) is 3.51. The fourth-order valence-electron chi connectivity index (χ4n) is 3.51. The van der Waals surface area contributed by atoms with Crippen LogP contribution in [-0.2, 0) is 11.8 Å². The van der Waals surface area contributed by atoms with Crippen LogP contribution in [0.1, 0.15) is 23.2 Å². The number of rotatable bonds is 6. The minimum absolute atomic E-state index is 0.0254. The fourth-order valence-corrected chi connectivity index (χ4v) is 3.73. The van der Waals surface area contributed by atoms with Gasteiger partial charge in [-0.15, -0.1) is 0 Å². The highest BCUT2D eigenvalue weighted by Crippen LogP contribution is 2.30. The number of nitrogens with one attached hydrogen (secondary N) is 2. The number of hydrogen-bond acceptors (Lipinski definition) is 4. The van der Waals surface area contributed by atoms with Crippen molar-refractivity contribution in [3.63, 3.8) is 0 Å². The van der Waals surface area contributed by atoms with E-state index in [0.717, 1.165) is 31.5 Å². The number of aromatic nitrogens is 2. The Morgan fingerprint density at radius 1 is 1.38 bits per heavy atom. The van der Waals surface area contributed by atoms with Gasteiger partial charge in [-0.05, 0) is 32.0 Å². The smallest absolute Gasteiger partial charge is 0.255 e. The minimum atomic E-state index is -0.137. The van der Waals surface area contributed by atoms with Crippen LogP contribution in [0.5, 0.6) is 0 Å². The van der Waals surface area contributed by atoms with Crippen LogP contribution in [0.2, 0.25) is 5.02 Å². The zero-order chi connectivity index (χ0) is 18.6. The van der Waals surface area contributed by atoms with Crippen LogP contribution >= 0.6 is 11.6 Å². The van der Waals surface area contributed by atoms with E-state index in [4.69, 9.17) is 16.3 Å². The third-order valence-corrected chi connectivity index (χ3v) is 5.27. The number of amides is 1. The fraction of sp³-hybridized carbons (Fsp3) is 0.474. The van der Waals surface area contributed by atoms with E-state index < -0.39 is 0 Å². The molecule has 0 bridgehead atoms. The van der Waals surface area contributed by atoms with Crippen molar-refractivity contribution in [2.24, 2.45) is 12.5 Å². The zero-order valence-corrected chi connectivity index (χ0v) is 16.0. The summed E-state index contributed by atoms with van der Waals surface area (Å²) in [4.78, 5) is 12.9. The van der Waals surface area contributed by atoms with Gasteiger partial charge in [0.25, 0.3) is 5.91 Å². The number of hydrogen-bond donors (Lipinski definition) is 2. The molecule has 1 aromatic heterocycles. The Kier molecular flexibility index (Phi) is 5.96. The van der Waals surface area contributed by atoms with Gasteiger partial charge in [0.1, 0.15) is 5.69 Å². The van der Waals surface area contributed by atoms with E-state index in [-0.39, 0.29) is 11.3 Å². The first kappa shape index (κ1) is 18.9. The molecule has 3 rings (SSSR count). The molecule has 7 heteroatoms. The van der Waals surface area contributed by atoms with Gasteiger partial charge in [0.05, 0.1) is 17.2 Å². The molecular weight excluding hydrogens is 352 g/mol. The van der Waals surface area contributed by atoms with Crippen LogP contribution in [-0.4, -0.2) is 49.0 Å². The number of piperidine rings is 1. The van der Waals surface area contributed by atoms with E-state index in [2.05, 4.69) is 15.7 Å². The summed E-state index contributed by atoms with van der Waals surface area (Å²) in [5.74, 6) is -0.137. The van der Waals surface area contributed by atoms with Gasteiger partial charge < -0.3 is 15.4 Å². The second kappa shape index (κ2) is 8.20. The maximum Gasteiger partial charge on any atom is 0.255 e. The third kappa shape index (κ3) is 4.09. The predicted octanol–water partition coefficient (Wildman–Crippen LogP) is 2.49. The van der Waals surface area contributed by atoms with Gasteiger partial charge in [0.2, 0.25) is 0 Å². The van der Waals surface area contributed by atoms with E-state index in [9.17, 15) is 4.79 Å². The van der Waals surface area contributed by atoms with Crippen LogP contribution in [0.25, 0.3) is 11.3 Å². The standard InChI is InChI=1S/C19H25ClN4O2/c1-24-11-15(17(23-24)14-5-3-4-6-16(14)20)18(25)22-12-19(13-26-2)7-9-21-10-8-19/h3-6,11,21H,7-10,12-13H2,1-2H3,(H,22,25). The molecular formula is C19H25ClN4O2. The number of halogens is 1. The van der Waals surface area contributed by atoms with Gasteiger partial charge in [-0.1, -0.05) is 29.8 Å². The molecule has 1 aliphatic rings. The second-order valence-electron chi connectivity index (χ2n) is 6.91. The van der Waals surface area contributed by atoms with Gasteiger partial charge >= 0.3 is 0 Å². The Balaban J connectivity index is 1.79. The molecule has 2 aromatic rings. The highest BCUT2D eigenvalue weighted by atomic mass is 35.5. The summed E-state index contributed by atoms with van der Waals surface area (Å²) >= 11 is 6.30. The van der Waals surface area contributed by atoms with Crippen molar-refractivity contribution in [1.82, 2.24) is 20.4 Å². The number of benzene rings is 1. The Hall–Kier alpha value is -1.89. The van der Waals surface area contributed by atoms with Crippen LogP contribution in [0, 0.1) is 5.41 Å². The summed E-state index contributed by atoms with van der Waals surface area (Å²) in [6, 6.07) is 7.43. The molecule has 1 aliphatic heterocycles. The van der Waals surface area contributed by atoms with Crippen LogP contribution in [0.4, 0.5) is 0 Å². The molecule has 0 aliphatic carbocycles. The molecule has 140 valence electrons. The lowest BCUT2D eigenvalue weighted by Crippen LogP contribution is -2.47. The molecule has 6 nitrogen and oxygen atoms in total. The van der Waals surface area contributed by atoms with Crippen LogP contribution in [0.3, 0.4) is 0 Å². The van der Waals surface area contributed by atoms with Crippen LogP contribution in [0.15, 0.2) is 30.5 Å². The molecule has 1 fully saturated rings. The summed E-state index contributed by atoms with van der Waals surface area (Å²) in [5, 5.41) is 11.5. The van der Waals surface area contributed by atoms with Gasteiger partial charge in [-0.2, -0.15) is 5.10 Å². The van der Waals surface area contributed by atoms with Crippen molar-refractivity contribution in [3.05, 3.63) is 41.0 Å². The number of carbonyl (C=O) groups is 1. The summed E-state index contributed by atoms with van der Waals surface area (Å²) in [5.41, 5.74) is 1.86. The van der Waals surface area contributed by atoms with Gasteiger partial charge in [0.15, 0.2) is 0 Å². The lowest BCUT2D eigenvalue weighted by Gasteiger charge is -2.37. The molecule has 0 atom stereocenters. The normalized spacial score (nSPS) is 16.4. The van der Waals surface area contributed by atoms with E-state index in [0.29, 0.717) is 29.4 Å². The Morgan fingerprint density at radius 3 is 2.81 bits per heavy atom. The molecule has 1 amide bonds. The number of ether oxygens (including phenoxy) is 1. The van der Waals surface area contributed by atoms with E-state index in [1.165, 1.54) is 0 Å². The first-order valence-electron chi connectivity index (χ1n) is 8.81. The first-order chi connectivity index (χ1) is 12.5. The Labute approximate surface area is 158 Å². The van der Waals surface area contributed by atoms with Crippen molar-refractivity contribution in [2.45, 2.75) is 12.8 Å². The van der Waals surface area contributed by atoms with Crippen molar-refractivity contribution in [1.29, 1.82) is 0 Å². The van der Waals surface area contributed by atoms with Gasteiger partial charge in [-0.25, -0.2) is 0 Å². The number of aryl methyl sites for hydroxylation is 1. The number of carbonyl (C=O) groups excluding carboxylic acids is 1. The molecule has 2 heterocycles. The molecule has 0 spiro atoms. The number of nitrogens with zero attached hydrogens (tertiary/aromatic N) is 2. The molecule has 1 aromatic carbocycles. The van der Waals surface area contributed by atoms with Gasteiger partial charge in [-0.3, -0.25) is 9.48 Å². The molecule has 0 radical (unpaired) electrons. The van der Waals surface area contributed by atoms with Crippen molar-refractivity contribution in [2.75, 3.05) is 33.4 Å². The average Bonchev–Trinajstić information content (AvgIpc) is 3.03. The van der Waals surface area contributed by atoms with Crippen molar-refractivity contribution < 1.29 is 9.53 Å². The first-order valence-corrected chi connectivity index (χ1v) is 9.19. The maximum absolute atomic E-state index is 12.9. The topological polar surface area (TPSA) is 68.2 Å². The monoisotopic (exact) mass is 376 g/mol. The van der Waals surface area contributed by atoms with Crippen molar-refractivity contribution >= 4 is 17.5 Å². The second-order valence-corrected chi connectivity index (χ2v) is 7.32. The summed E-state index contributed by atoms with van der Waals surface area (Å²) in [6.07, 6.45) is 3.69. The summed E-state index contributed by atoms with van der Waals surface area (Å²) in [6.45, 7) is 3.10. The third-order valence-electron chi connectivity index (χ3n) is 4.94. The highest BCUT2D eigenvalue weighted by Gasteiger charge is 2.33. The molecule has 26 heavy (non-hydrogen) atoms. The van der Waals surface area contributed by atoms with Crippen molar-refractivity contribution in [3.8, 4) is 11.3 Å². The SMILES string of the molecule is COCC1(CNC(=O)c2cn(C)nc2-c2ccccc2Cl)CCNCC1. The quantitative estimate of drug-likeness (QED) is 0.812. The largest absolute Gasteiger partial charge is 0.384 e. The maximum atomic E-state index is 12.9. The Morgan fingerprint density at radius 2 is 2.12 bits per heavy atom. The lowest BCUT2D eigenvalue weighted by molar-refractivity contribution is 0.0512. The number of methoxy groups -OCH3 is 1. The zero-order valence-electron chi connectivity index (χ0n) is 15.2. The summed E-state index contributed by atoms with van der Waals surface area (Å²) < 4.78 is 7.06.